The molecule has 0 spiro atoms. The Morgan fingerprint density at radius 3 is 2.21 bits per heavy atom. The highest BCUT2D eigenvalue weighted by Gasteiger charge is 2.32. The molecule has 0 radical (unpaired) electrons. The monoisotopic (exact) mass is 510 g/mol. The van der Waals surface area contributed by atoms with Crippen molar-refractivity contribution in [3.63, 3.8) is 0 Å². The zero-order valence-electron chi connectivity index (χ0n) is 21.8. The summed E-state index contributed by atoms with van der Waals surface area (Å²) in [6.07, 6.45) is 2.00. The van der Waals surface area contributed by atoms with E-state index in [-0.39, 0.29) is 32.5 Å². The molecule has 1 amide bonds. The SMILES string of the molecule is CCOC(=O)C(O)C1=CCN(COCC[Si](C)(C)C)C(=O)c2c1ccn2COCC[Si](C)(C)C. The van der Waals surface area contributed by atoms with E-state index in [4.69, 9.17) is 14.2 Å². The fourth-order valence-electron chi connectivity index (χ4n) is 3.42. The summed E-state index contributed by atoms with van der Waals surface area (Å²) in [4.78, 5) is 27.4. The summed E-state index contributed by atoms with van der Waals surface area (Å²) >= 11 is 0. The van der Waals surface area contributed by atoms with Crippen LogP contribution in [-0.2, 0) is 25.7 Å². The quantitative estimate of drug-likeness (QED) is 0.246. The fourth-order valence-corrected chi connectivity index (χ4v) is 4.93. The van der Waals surface area contributed by atoms with Crippen LogP contribution in [0.5, 0.6) is 0 Å². The Bertz CT molecular complexity index is 870. The highest BCUT2D eigenvalue weighted by atomic mass is 28.3. The number of ether oxygens (including phenoxy) is 3. The first-order valence-electron chi connectivity index (χ1n) is 12.0. The smallest absolute Gasteiger partial charge is 0.339 e. The maximum Gasteiger partial charge on any atom is 0.339 e. The third kappa shape index (κ3) is 8.49. The molecule has 0 saturated carbocycles. The van der Waals surface area contributed by atoms with Crippen LogP contribution in [0.4, 0.5) is 0 Å². The number of nitrogens with zero attached hydrogens (tertiary/aromatic N) is 2. The fraction of sp³-hybridized carbons (Fsp3) is 0.667. The van der Waals surface area contributed by atoms with E-state index in [9.17, 15) is 14.7 Å². The first kappa shape index (κ1) is 28.5. The lowest BCUT2D eigenvalue weighted by Gasteiger charge is -2.23. The van der Waals surface area contributed by atoms with Crippen LogP contribution in [0.2, 0.25) is 51.4 Å². The number of esters is 1. The average Bonchev–Trinajstić information content (AvgIpc) is 3.08. The summed E-state index contributed by atoms with van der Waals surface area (Å²) in [7, 11) is -2.48. The van der Waals surface area contributed by atoms with Gasteiger partial charge in [0, 0.05) is 47.7 Å². The third-order valence-corrected chi connectivity index (χ3v) is 8.98. The molecule has 1 unspecified atom stereocenters. The van der Waals surface area contributed by atoms with Crippen molar-refractivity contribution in [1.29, 1.82) is 0 Å². The number of aromatic nitrogens is 1. The van der Waals surface area contributed by atoms with E-state index in [1.165, 1.54) is 0 Å². The molecule has 0 aromatic carbocycles. The number of carbonyl (C=O) groups excluding carboxylic acids is 2. The second-order valence-corrected chi connectivity index (χ2v) is 22.3. The molecule has 192 valence electrons. The molecule has 0 fully saturated rings. The molecule has 1 aromatic rings. The van der Waals surface area contributed by atoms with Gasteiger partial charge in [-0.1, -0.05) is 45.4 Å². The maximum atomic E-state index is 13.5. The van der Waals surface area contributed by atoms with Crippen molar-refractivity contribution in [3.05, 3.63) is 29.6 Å². The normalized spacial score (nSPS) is 15.6. The molecule has 0 aliphatic carbocycles. The van der Waals surface area contributed by atoms with Crippen LogP contribution in [0, 0.1) is 0 Å². The average molecular weight is 511 g/mol. The molecule has 1 aliphatic rings. The Morgan fingerprint density at radius 1 is 1.06 bits per heavy atom. The largest absolute Gasteiger partial charge is 0.464 e. The zero-order valence-corrected chi connectivity index (χ0v) is 23.8. The van der Waals surface area contributed by atoms with Gasteiger partial charge in [0.1, 0.15) is 19.2 Å². The van der Waals surface area contributed by atoms with Gasteiger partial charge in [0.05, 0.1) is 6.61 Å². The van der Waals surface area contributed by atoms with Gasteiger partial charge in [-0.3, -0.25) is 4.79 Å². The lowest BCUT2D eigenvalue weighted by atomic mass is 10.0. The summed E-state index contributed by atoms with van der Waals surface area (Å²) < 4.78 is 18.5. The predicted molar refractivity (Wildman–Crippen MR) is 139 cm³/mol. The molecule has 0 saturated heterocycles. The molecule has 8 nitrogen and oxygen atoms in total. The number of hydrogen-bond donors (Lipinski definition) is 1. The second kappa shape index (κ2) is 12.3. The summed E-state index contributed by atoms with van der Waals surface area (Å²) in [6, 6.07) is 3.78. The number of aliphatic hydroxyl groups is 1. The summed E-state index contributed by atoms with van der Waals surface area (Å²) in [5, 5.41) is 10.7. The van der Waals surface area contributed by atoms with Gasteiger partial charge in [0.2, 0.25) is 0 Å². The lowest BCUT2D eigenvalue weighted by Crippen LogP contribution is -2.35. The Kier molecular flexibility index (Phi) is 10.3. The van der Waals surface area contributed by atoms with E-state index < -0.39 is 28.2 Å². The lowest BCUT2D eigenvalue weighted by molar-refractivity contribution is -0.149. The standard InChI is InChI=1S/C24H42N2O6Si2/c1-8-32-24(29)22(27)20-10-12-26(18-31-14-16-34(5,6)7)23(28)21-19(20)9-11-25(21)17-30-13-15-33(2,3)4/h9-11,22,27H,8,12-18H2,1-7H3. The molecule has 0 bridgehead atoms. The predicted octanol–water partition coefficient (Wildman–Crippen LogP) is 3.88. The highest BCUT2D eigenvalue weighted by Crippen LogP contribution is 2.29. The van der Waals surface area contributed by atoms with E-state index in [1.54, 1.807) is 34.7 Å². The van der Waals surface area contributed by atoms with Gasteiger partial charge < -0.3 is 28.8 Å². The van der Waals surface area contributed by atoms with Crippen molar-refractivity contribution < 1.29 is 28.9 Å². The number of fused-ring (bicyclic) bond motifs is 1. The van der Waals surface area contributed by atoms with E-state index in [0.717, 1.165) is 12.1 Å². The van der Waals surface area contributed by atoms with Gasteiger partial charge in [-0.05, 0) is 30.7 Å². The molecular weight excluding hydrogens is 468 g/mol. The van der Waals surface area contributed by atoms with E-state index in [1.807, 2.05) is 0 Å². The van der Waals surface area contributed by atoms with Crippen LogP contribution in [0.1, 0.15) is 23.0 Å². The van der Waals surface area contributed by atoms with Gasteiger partial charge >= 0.3 is 5.97 Å². The number of amides is 1. The Hall–Kier alpha value is -1.73. The van der Waals surface area contributed by atoms with Gasteiger partial charge in [0.15, 0.2) is 6.10 Å². The molecular formula is C24H42N2O6Si2. The van der Waals surface area contributed by atoms with Crippen LogP contribution < -0.4 is 0 Å². The van der Waals surface area contributed by atoms with Crippen LogP contribution in [0.3, 0.4) is 0 Å². The number of aliphatic hydroxyl groups excluding tert-OH is 1. The van der Waals surface area contributed by atoms with Crippen molar-refractivity contribution in [2.45, 2.75) is 71.1 Å². The summed E-state index contributed by atoms with van der Waals surface area (Å²) in [6.45, 7) is 17.4. The van der Waals surface area contributed by atoms with Crippen molar-refractivity contribution in [2.24, 2.45) is 0 Å². The summed E-state index contributed by atoms with van der Waals surface area (Å²) in [5.74, 6) is -0.949. The molecule has 2 rings (SSSR count). The number of hydrogen-bond acceptors (Lipinski definition) is 6. The van der Waals surface area contributed by atoms with Crippen LogP contribution in [-0.4, -0.2) is 81.8 Å². The van der Waals surface area contributed by atoms with Crippen molar-refractivity contribution in [1.82, 2.24) is 9.47 Å². The highest BCUT2D eigenvalue weighted by molar-refractivity contribution is 6.76. The van der Waals surface area contributed by atoms with Gasteiger partial charge in [-0.15, -0.1) is 0 Å². The minimum Gasteiger partial charge on any atom is -0.464 e. The van der Waals surface area contributed by atoms with E-state index in [2.05, 4.69) is 39.3 Å². The zero-order chi connectivity index (χ0) is 25.5. The third-order valence-electron chi connectivity index (χ3n) is 5.57. The van der Waals surface area contributed by atoms with Crippen molar-refractivity contribution in [2.75, 3.05) is 33.1 Å². The van der Waals surface area contributed by atoms with Gasteiger partial charge in [-0.25, -0.2) is 4.79 Å². The van der Waals surface area contributed by atoms with Crippen LogP contribution in [0.25, 0.3) is 5.57 Å². The topological polar surface area (TPSA) is 90.2 Å². The molecule has 1 atom stereocenters. The van der Waals surface area contributed by atoms with Crippen molar-refractivity contribution >= 4 is 33.6 Å². The van der Waals surface area contributed by atoms with Crippen LogP contribution in [0.15, 0.2) is 18.3 Å². The van der Waals surface area contributed by atoms with E-state index in [0.29, 0.717) is 30.0 Å². The first-order valence-corrected chi connectivity index (χ1v) is 19.4. The van der Waals surface area contributed by atoms with E-state index >= 15 is 0 Å². The minimum absolute atomic E-state index is 0.143. The maximum absolute atomic E-state index is 13.5. The molecule has 10 heteroatoms. The van der Waals surface area contributed by atoms with Gasteiger partial charge in [-0.2, -0.15) is 0 Å². The second-order valence-electron chi connectivity index (χ2n) is 11.1. The first-order chi connectivity index (χ1) is 15.8. The number of rotatable bonds is 13. The Balaban J connectivity index is 2.25. The molecule has 1 N–H and O–H groups in total. The summed E-state index contributed by atoms with van der Waals surface area (Å²) in [5.41, 5.74) is 1.27. The minimum atomic E-state index is -1.47. The molecule has 1 aromatic heterocycles. The Labute approximate surface area is 205 Å². The van der Waals surface area contributed by atoms with Gasteiger partial charge in [0.25, 0.3) is 5.91 Å². The Morgan fingerprint density at radius 2 is 1.65 bits per heavy atom. The molecule has 1 aliphatic heterocycles. The molecule has 2 heterocycles. The number of carbonyl (C=O) groups is 2. The molecule has 34 heavy (non-hydrogen) atoms. The van der Waals surface area contributed by atoms with Crippen molar-refractivity contribution in [3.8, 4) is 0 Å². The van der Waals surface area contributed by atoms with Crippen LogP contribution >= 0.6 is 0 Å².